The van der Waals surface area contributed by atoms with Gasteiger partial charge in [-0.15, -0.1) is 0 Å². The van der Waals surface area contributed by atoms with Gasteiger partial charge in [-0.05, 0) is 13.3 Å². The molecule has 2 nitrogen and oxygen atoms in total. The Morgan fingerprint density at radius 3 is 2.89 bits per heavy atom. The molecule has 1 aliphatic heterocycles. The van der Waals surface area contributed by atoms with Gasteiger partial charge in [-0.25, -0.2) is 0 Å². The number of hydrogen-bond acceptors (Lipinski definition) is 2. The van der Waals surface area contributed by atoms with E-state index in [2.05, 4.69) is 9.39 Å². The van der Waals surface area contributed by atoms with E-state index in [-0.39, 0.29) is 6.04 Å². The predicted octanol–water partition coefficient (Wildman–Crippen LogP) is 0.830. The first-order valence-corrected chi connectivity index (χ1v) is 3.77. The summed E-state index contributed by atoms with van der Waals surface area (Å²) in [7, 11) is 2.58. The van der Waals surface area contributed by atoms with Gasteiger partial charge < -0.3 is 0 Å². The van der Waals surface area contributed by atoms with Crippen molar-refractivity contribution in [1.29, 1.82) is 0 Å². The third kappa shape index (κ3) is 1.50. The smallest absolute Gasteiger partial charge is 0.150 e. The zero-order valence-electron chi connectivity index (χ0n) is 5.63. The summed E-state index contributed by atoms with van der Waals surface area (Å²) < 4.78 is 2.02. The van der Waals surface area contributed by atoms with Gasteiger partial charge in [0.25, 0.3) is 0 Å². The largest absolute Gasteiger partial charge is 0.298 e. The summed E-state index contributed by atoms with van der Waals surface area (Å²) in [6.45, 7) is 2.99. The van der Waals surface area contributed by atoms with Crippen molar-refractivity contribution < 1.29 is 4.79 Å². The summed E-state index contributed by atoms with van der Waals surface area (Å²) in [6, 6.07) is 0.128. The molecule has 3 heteroatoms. The molecule has 1 rings (SSSR count). The molecule has 0 bridgehead atoms. The van der Waals surface area contributed by atoms with E-state index in [1.54, 1.807) is 0 Å². The molecule has 1 heterocycles. The fraction of sp³-hybridized carbons (Fsp3) is 0.833. The van der Waals surface area contributed by atoms with Gasteiger partial charge in [0.15, 0.2) is 0 Å². The molecule has 0 aromatic rings. The Labute approximate surface area is 57.9 Å². The maximum atomic E-state index is 10.9. The average molecular weight is 145 g/mol. The summed E-state index contributed by atoms with van der Waals surface area (Å²) in [5.74, 6) is 0.372. The van der Waals surface area contributed by atoms with E-state index < -0.39 is 0 Å². The molecule has 0 saturated carbocycles. The Bertz CT molecular complexity index is 126. The molecule has 0 aromatic carbocycles. The van der Waals surface area contributed by atoms with Crippen LogP contribution in [0.2, 0.25) is 0 Å². The van der Waals surface area contributed by atoms with Gasteiger partial charge in [-0.3, -0.25) is 9.46 Å². The third-order valence-corrected chi connectivity index (χ3v) is 2.51. The number of hydrogen-bond donors (Lipinski definition) is 0. The third-order valence-electron chi connectivity index (χ3n) is 1.80. The Morgan fingerprint density at radius 1 is 1.78 bits per heavy atom. The molecule has 0 radical (unpaired) electrons. The fourth-order valence-corrected chi connectivity index (χ4v) is 1.37. The van der Waals surface area contributed by atoms with E-state index >= 15 is 0 Å². The molecule has 9 heavy (non-hydrogen) atoms. The second-order valence-electron chi connectivity index (χ2n) is 2.48. The average Bonchev–Trinajstić information content (AvgIpc) is 1.83. The number of carbonyl (C=O) groups is 1. The number of piperidine rings is 1. The normalized spacial score (nSPS) is 30.9. The van der Waals surface area contributed by atoms with E-state index in [1.807, 2.05) is 11.6 Å². The number of ketones is 1. The van der Waals surface area contributed by atoms with Gasteiger partial charge >= 0.3 is 0 Å². The molecular formula is C6H12NOP. The van der Waals surface area contributed by atoms with Crippen LogP contribution in [-0.2, 0) is 4.79 Å². The molecule has 52 valence electrons. The number of rotatable bonds is 0. The molecule has 2 atom stereocenters. The van der Waals surface area contributed by atoms with Gasteiger partial charge in [0.05, 0.1) is 6.04 Å². The molecule has 0 spiro atoms. The second kappa shape index (κ2) is 2.76. The topological polar surface area (TPSA) is 20.3 Å². The Morgan fingerprint density at radius 2 is 2.44 bits per heavy atom. The molecule has 1 saturated heterocycles. The fourth-order valence-electron chi connectivity index (χ4n) is 1.02. The first kappa shape index (κ1) is 7.17. The molecule has 1 fully saturated rings. The molecule has 2 unspecified atom stereocenters. The lowest BCUT2D eigenvalue weighted by Crippen LogP contribution is -2.36. The lowest BCUT2D eigenvalue weighted by atomic mass is 10.1. The van der Waals surface area contributed by atoms with Crippen LogP contribution in [0, 0.1) is 0 Å². The van der Waals surface area contributed by atoms with Crippen molar-refractivity contribution in [2.45, 2.75) is 25.8 Å². The van der Waals surface area contributed by atoms with Crippen molar-refractivity contribution in [3.8, 4) is 0 Å². The van der Waals surface area contributed by atoms with Crippen molar-refractivity contribution in [2.24, 2.45) is 0 Å². The van der Waals surface area contributed by atoms with Gasteiger partial charge in [-0.2, -0.15) is 0 Å². The minimum absolute atomic E-state index is 0.128. The quantitative estimate of drug-likeness (QED) is 0.470. The zero-order valence-corrected chi connectivity index (χ0v) is 6.79. The van der Waals surface area contributed by atoms with Crippen LogP contribution in [-0.4, -0.2) is 23.0 Å². The van der Waals surface area contributed by atoms with Crippen LogP contribution in [0.1, 0.15) is 19.8 Å². The van der Waals surface area contributed by atoms with Crippen molar-refractivity contribution in [2.75, 3.05) is 6.54 Å². The van der Waals surface area contributed by atoms with Crippen molar-refractivity contribution in [3.63, 3.8) is 0 Å². The van der Waals surface area contributed by atoms with Crippen molar-refractivity contribution in [3.05, 3.63) is 0 Å². The zero-order chi connectivity index (χ0) is 6.85. The van der Waals surface area contributed by atoms with Crippen LogP contribution in [0.5, 0.6) is 0 Å². The first-order valence-electron chi connectivity index (χ1n) is 3.26. The van der Waals surface area contributed by atoms with Crippen molar-refractivity contribution in [1.82, 2.24) is 4.67 Å². The second-order valence-corrected chi connectivity index (χ2v) is 3.15. The van der Waals surface area contributed by atoms with Gasteiger partial charge in [-0.1, -0.05) is 9.39 Å². The van der Waals surface area contributed by atoms with E-state index in [4.69, 9.17) is 0 Å². The lowest BCUT2D eigenvalue weighted by molar-refractivity contribution is -0.123. The first-order chi connectivity index (χ1) is 4.22. The van der Waals surface area contributed by atoms with Gasteiger partial charge in [0.2, 0.25) is 0 Å². The highest BCUT2D eigenvalue weighted by Gasteiger charge is 2.21. The highest BCUT2D eigenvalue weighted by atomic mass is 31.0. The summed E-state index contributed by atoms with van der Waals surface area (Å²) in [4.78, 5) is 10.9. The summed E-state index contributed by atoms with van der Waals surface area (Å²) in [5, 5.41) is 0. The number of carbonyl (C=O) groups excluding carboxylic acids is 1. The molecule has 1 aliphatic rings. The van der Waals surface area contributed by atoms with Crippen LogP contribution < -0.4 is 0 Å². The van der Waals surface area contributed by atoms with Crippen LogP contribution in [0.4, 0.5) is 0 Å². The molecule has 0 amide bonds. The Balaban J connectivity index is 2.51. The van der Waals surface area contributed by atoms with Crippen LogP contribution in [0.3, 0.4) is 0 Å². The molecule has 0 aromatic heterocycles. The SMILES string of the molecule is CC1C(=O)CCCN1P. The predicted molar refractivity (Wildman–Crippen MR) is 40.1 cm³/mol. The van der Waals surface area contributed by atoms with Gasteiger partial charge in [0.1, 0.15) is 5.78 Å². The van der Waals surface area contributed by atoms with Crippen LogP contribution >= 0.6 is 9.39 Å². The minimum atomic E-state index is 0.128. The van der Waals surface area contributed by atoms with E-state index in [0.717, 1.165) is 19.4 Å². The maximum Gasteiger partial charge on any atom is 0.150 e. The number of nitrogens with zero attached hydrogens (tertiary/aromatic N) is 1. The van der Waals surface area contributed by atoms with Crippen molar-refractivity contribution >= 4 is 15.2 Å². The van der Waals surface area contributed by atoms with Gasteiger partial charge in [0, 0.05) is 13.0 Å². The standard InChI is InChI=1S/C6H12NOP/c1-5-6(8)3-2-4-7(5)9/h5H,2-4,9H2,1H3. The molecule has 0 N–H and O–H groups in total. The van der Waals surface area contributed by atoms with E-state index in [9.17, 15) is 4.79 Å². The van der Waals surface area contributed by atoms with Crippen LogP contribution in [0.25, 0.3) is 0 Å². The van der Waals surface area contributed by atoms with E-state index in [0.29, 0.717) is 5.78 Å². The minimum Gasteiger partial charge on any atom is -0.298 e. The summed E-state index contributed by atoms with van der Waals surface area (Å²) in [6.07, 6.45) is 1.79. The maximum absolute atomic E-state index is 10.9. The van der Waals surface area contributed by atoms with E-state index in [1.165, 1.54) is 0 Å². The highest BCUT2D eigenvalue weighted by Crippen LogP contribution is 2.16. The highest BCUT2D eigenvalue weighted by molar-refractivity contribution is 7.13. The Kier molecular flexibility index (Phi) is 2.20. The summed E-state index contributed by atoms with van der Waals surface area (Å²) in [5.41, 5.74) is 0. The lowest BCUT2D eigenvalue weighted by Gasteiger charge is -2.27. The summed E-state index contributed by atoms with van der Waals surface area (Å²) >= 11 is 0. The monoisotopic (exact) mass is 145 g/mol. The Hall–Kier alpha value is 0.0600. The molecule has 0 aliphatic carbocycles. The van der Waals surface area contributed by atoms with Crippen LogP contribution in [0.15, 0.2) is 0 Å². The molecular weight excluding hydrogens is 133 g/mol. The number of Topliss-reactive ketones (excluding diaryl/α,β-unsaturated/α-hetero) is 1.